The molecule has 1 aromatic heterocycles. The van der Waals surface area contributed by atoms with E-state index in [0.717, 1.165) is 42.7 Å². The molecule has 12 heteroatoms. The van der Waals surface area contributed by atoms with E-state index in [1.54, 1.807) is 30.5 Å². The first-order valence-corrected chi connectivity index (χ1v) is 14.1. The fourth-order valence-electron chi connectivity index (χ4n) is 4.88. The third-order valence-electron chi connectivity index (χ3n) is 7.39. The van der Waals surface area contributed by atoms with Crippen molar-refractivity contribution in [1.29, 1.82) is 0 Å². The van der Waals surface area contributed by atoms with Crippen LogP contribution in [0.2, 0.25) is 0 Å². The second kappa shape index (κ2) is 15.1. The van der Waals surface area contributed by atoms with Crippen LogP contribution in [-0.2, 0) is 22.2 Å². The average Bonchev–Trinajstić information content (AvgIpc) is 2.95. The molecule has 42 heavy (non-hydrogen) atoms. The minimum absolute atomic E-state index is 0.159. The summed E-state index contributed by atoms with van der Waals surface area (Å²) < 4.78 is 39.6. The van der Waals surface area contributed by atoms with Gasteiger partial charge in [0, 0.05) is 30.4 Å². The topological polar surface area (TPSA) is 149 Å². The zero-order valence-corrected chi connectivity index (χ0v) is 23.9. The number of nitrogens with one attached hydrogen (secondary N) is 2. The molecule has 2 aromatic carbocycles. The highest BCUT2D eigenvalue weighted by Gasteiger charge is 2.30. The van der Waals surface area contributed by atoms with Crippen LogP contribution in [0.25, 0.3) is 10.9 Å². The predicted octanol–water partition coefficient (Wildman–Crippen LogP) is 2.78. The number of aryl methyl sites for hydroxylation is 1. The third-order valence-corrected chi connectivity index (χ3v) is 7.39. The number of likely N-dealkylation sites (N-methyl/N-ethyl adjacent to an activating group) is 1. The van der Waals surface area contributed by atoms with Crippen LogP contribution in [0, 0.1) is 0 Å². The van der Waals surface area contributed by atoms with Gasteiger partial charge in [0.15, 0.2) is 0 Å². The molecule has 2 amide bonds. The zero-order chi connectivity index (χ0) is 30.8. The molecule has 0 unspecified atom stereocenters. The first-order chi connectivity index (χ1) is 19.9. The number of benzene rings is 2. The number of hydrogen-bond donors (Lipinski definition) is 5. The quantitative estimate of drug-likeness (QED) is 0.172. The number of hydrogen-bond acceptors (Lipinski definition) is 6. The number of quaternary nitrogens is 1. The summed E-state index contributed by atoms with van der Waals surface area (Å²) in [6.07, 6.45) is -1.27. The number of fused-ring (bicyclic) bond motifs is 1. The lowest BCUT2D eigenvalue weighted by atomic mass is 10.0. The van der Waals surface area contributed by atoms with E-state index in [4.69, 9.17) is 17.2 Å². The van der Waals surface area contributed by atoms with Crippen molar-refractivity contribution < 1.29 is 27.2 Å². The van der Waals surface area contributed by atoms with Crippen LogP contribution in [0.4, 0.5) is 18.9 Å². The van der Waals surface area contributed by atoms with E-state index >= 15 is 0 Å². The van der Waals surface area contributed by atoms with Crippen molar-refractivity contribution in [2.45, 2.75) is 43.9 Å². The molecule has 0 fully saturated rings. The van der Waals surface area contributed by atoms with Crippen molar-refractivity contribution in [3.63, 3.8) is 0 Å². The Kier molecular flexibility index (Phi) is 11.8. The van der Waals surface area contributed by atoms with Gasteiger partial charge in [0.25, 0.3) is 0 Å². The summed E-state index contributed by atoms with van der Waals surface area (Å²) in [4.78, 5) is 30.7. The Bertz CT molecular complexity index is 1310. The number of pyridine rings is 1. The maximum absolute atomic E-state index is 13.3. The van der Waals surface area contributed by atoms with Gasteiger partial charge in [-0.1, -0.05) is 18.2 Å². The van der Waals surface area contributed by atoms with Gasteiger partial charge in [0.05, 0.1) is 43.8 Å². The van der Waals surface area contributed by atoms with Gasteiger partial charge in [0.1, 0.15) is 6.04 Å². The Hall–Kier alpha value is -3.58. The highest BCUT2D eigenvalue weighted by Crippen LogP contribution is 2.29. The molecule has 0 aliphatic heterocycles. The molecular formula is C30H41F3N7O2+. The SMILES string of the molecule is C[N+](CCN)(CCN)CCC[C@H](N)C(=O)N[C@H](CCc1ccc(C(F)(F)F)cc1)C(=O)Nc1ccc2ncccc2c1. The summed E-state index contributed by atoms with van der Waals surface area (Å²) in [6.45, 7) is 3.31. The monoisotopic (exact) mass is 588 g/mol. The number of alkyl halides is 3. The maximum Gasteiger partial charge on any atom is 0.416 e. The molecular weight excluding hydrogens is 547 g/mol. The van der Waals surface area contributed by atoms with Crippen molar-refractivity contribution >= 4 is 28.4 Å². The summed E-state index contributed by atoms with van der Waals surface area (Å²) in [5.41, 5.74) is 18.9. The van der Waals surface area contributed by atoms with Crippen LogP contribution in [0.1, 0.15) is 30.4 Å². The van der Waals surface area contributed by atoms with Crippen molar-refractivity contribution in [2.75, 3.05) is 45.1 Å². The average molecular weight is 589 g/mol. The van der Waals surface area contributed by atoms with Crippen LogP contribution >= 0.6 is 0 Å². The molecule has 2 atom stereocenters. The van der Waals surface area contributed by atoms with Crippen LogP contribution in [-0.4, -0.2) is 73.1 Å². The molecule has 3 aromatic rings. The summed E-state index contributed by atoms with van der Waals surface area (Å²) in [5.74, 6) is -0.932. The standard InChI is InChI=1S/C30H40F3N7O2/c1-40(18-14-34,19-15-35)17-3-5-25(36)28(41)39-27(12-8-21-6-9-23(10-7-21)30(31,32)33)29(42)38-24-11-13-26-22(20-24)4-2-16-37-26/h2,4,6-7,9-11,13,16,20,25,27H,3,5,8,12,14-15,17-19,34-36H2,1H3,(H-,38,39,41,42)/p+1/t25-,27+/m0/s1. The molecule has 0 spiro atoms. The molecule has 0 bridgehead atoms. The Morgan fingerprint density at radius 1 is 0.952 bits per heavy atom. The second-order valence-electron chi connectivity index (χ2n) is 10.8. The van der Waals surface area contributed by atoms with Crippen LogP contribution in [0.15, 0.2) is 60.8 Å². The van der Waals surface area contributed by atoms with E-state index in [2.05, 4.69) is 22.7 Å². The number of anilines is 1. The summed E-state index contributed by atoms with van der Waals surface area (Å²) in [5, 5.41) is 6.43. The van der Waals surface area contributed by atoms with E-state index in [0.29, 0.717) is 41.7 Å². The van der Waals surface area contributed by atoms with Crippen LogP contribution in [0.5, 0.6) is 0 Å². The smallest absolute Gasteiger partial charge is 0.343 e. The Morgan fingerprint density at radius 3 is 2.29 bits per heavy atom. The van der Waals surface area contributed by atoms with Crippen molar-refractivity contribution in [1.82, 2.24) is 10.3 Å². The fraction of sp³-hybridized carbons (Fsp3) is 0.433. The van der Waals surface area contributed by atoms with E-state index in [-0.39, 0.29) is 12.8 Å². The number of carbonyl (C=O) groups is 2. The normalized spacial score (nSPS) is 13.5. The number of amides is 2. The number of aromatic nitrogens is 1. The Balaban J connectivity index is 1.68. The molecule has 0 radical (unpaired) electrons. The van der Waals surface area contributed by atoms with E-state index in [9.17, 15) is 22.8 Å². The van der Waals surface area contributed by atoms with Crippen molar-refractivity contribution in [3.8, 4) is 0 Å². The molecule has 0 saturated carbocycles. The van der Waals surface area contributed by atoms with Gasteiger partial charge in [-0.2, -0.15) is 13.2 Å². The van der Waals surface area contributed by atoms with Gasteiger partial charge < -0.3 is 32.3 Å². The molecule has 3 rings (SSSR count). The summed E-state index contributed by atoms with van der Waals surface area (Å²) in [7, 11) is 2.07. The molecule has 228 valence electrons. The van der Waals surface area contributed by atoms with Gasteiger partial charge >= 0.3 is 6.18 Å². The van der Waals surface area contributed by atoms with E-state index in [1.807, 2.05) is 6.07 Å². The number of carbonyl (C=O) groups excluding carboxylic acids is 2. The Morgan fingerprint density at radius 2 is 1.64 bits per heavy atom. The molecule has 0 aliphatic rings. The maximum atomic E-state index is 13.3. The third kappa shape index (κ3) is 9.76. The second-order valence-corrected chi connectivity index (χ2v) is 10.8. The largest absolute Gasteiger partial charge is 0.416 e. The predicted molar refractivity (Wildman–Crippen MR) is 158 cm³/mol. The van der Waals surface area contributed by atoms with Gasteiger partial charge in [-0.05, 0) is 67.6 Å². The highest BCUT2D eigenvalue weighted by molar-refractivity contribution is 5.99. The molecule has 8 N–H and O–H groups in total. The number of rotatable bonds is 15. The first-order valence-electron chi connectivity index (χ1n) is 14.1. The summed E-state index contributed by atoms with van der Waals surface area (Å²) in [6, 6.07) is 11.9. The molecule has 1 heterocycles. The van der Waals surface area contributed by atoms with E-state index in [1.165, 1.54) is 12.1 Å². The van der Waals surface area contributed by atoms with Gasteiger partial charge in [-0.15, -0.1) is 0 Å². The number of nitrogens with two attached hydrogens (primary N) is 3. The lowest BCUT2D eigenvalue weighted by Gasteiger charge is -2.34. The van der Waals surface area contributed by atoms with Crippen LogP contribution in [0.3, 0.4) is 0 Å². The van der Waals surface area contributed by atoms with Gasteiger partial charge in [0.2, 0.25) is 11.8 Å². The lowest BCUT2D eigenvalue weighted by molar-refractivity contribution is -0.907. The van der Waals surface area contributed by atoms with Gasteiger partial charge in [-0.3, -0.25) is 14.6 Å². The lowest BCUT2D eigenvalue weighted by Crippen LogP contribution is -2.52. The van der Waals surface area contributed by atoms with Gasteiger partial charge in [-0.25, -0.2) is 0 Å². The fourth-order valence-corrected chi connectivity index (χ4v) is 4.88. The molecule has 0 saturated heterocycles. The van der Waals surface area contributed by atoms with Crippen molar-refractivity contribution in [2.24, 2.45) is 17.2 Å². The Labute approximate surface area is 244 Å². The van der Waals surface area contributed by atoms with Crippen molar-refractivity contribution in [3.05, 3.63) is 71.9 Å². The number of nitrogens with zero attached hydrogens (tertiary/aromatic N) is 2. The van der Waals surface area contributed by atoms with E-state index < -0.39 is 35.6 Å². The minimum atomic E-state index is -4.44. The highest BCUT2D eigenvalue weighted by atomic mass is 19.4. The molecule has 9 nitrogen and oxygen atoms in total. The zero-order valence-electron chi connectivity index (χ0n) is 23.9. The number of halogens is 3. The first kappa shape index (κ1) is 32.9. The summed E-state index contributed by atoms with van der Waals surface area (Å²) >= 11 is 0. The van der Waals surface area contributed by atoms with Crippen LogP contribution < -0.4 is 27.8 Å². The minimum Gasteiger partial charge on any atom is -0.343 e. The molecule has 0 aliphatic carbocycles.